The van der Waals surface area contributed by atoms with E-state index in [1.165, 1.54) is 34.3 Å². The van der Waals surface area contributed by atoms with E-state index in [-0.39, 0.29) is 22.8 Å². The van der Waals surface area contributed by atoms with Crippen molar-refractivity contribution in [2.45, 2.75) is 12.5 Å². The predicted octanol–water partition coefficient (Wildman–Crippen LogP) is 0.701. The molecule has 1 saturated heterocycles. The molecular weight excluding hydrogens is 310 g/mol. The Morgan fingerprint density at radius 3 is 2.55 bits per heavy atom. The van der Waals surface area contributed by atoms with Crippen LogP contribution in [0.4, 0.5) is 5.69 Å². The number of carbonyl (C=O) groups excluding carboxylic acids is 1. The summed E-state index contributed by atoms with van der Waals surface area (Å²) < 4.78 is 23.2. The van der Waals surface area contributed by atoms with Gasteiger partial charge in [-0.15, -0.1) is 0 Å². The molecule has 9 heteroatoms. The molecular formula is C13H17N3O5S. The van der Waals surface area contributed by atoms with Gasteiger partial charge in [-0.2, -0.15) is 0 Å². The van der Waals surface area contributed by atoms with Gasteiger partial charge in [-0.05, 0) is 12.5 Å². The van der Waals surface area contributed by atoms with Crippen LogP contribution < -0.4 is 0 Å². The molecule has 8 nitrogen and oxygen atoms in total. The fourth-order valence-corrected chi connectivity index (χ4v) is 4.22. The summed E-state index contributed by atoms with van der Waals surface area (Å²) in [6.07, 6.45) is 0.362. The number of nitrogens with zero attached hydrogens (tertiary/aromatic N) is 3. The second kappa shape index (κ2) is 6.01. The van der Waals surface area contributed by atoms with Gasteiger partial charge in [0.2, 0.25) is 0 Å². The van der Waals surface area contributed by atoms with Crippen molar-refractivity contribution in [1.29, 1.82) is 0 Å². The van der Waals surface area contributed by atoms with E-state index in [9.17, 15) is 23.3 Å². The lowest BCUT2D eigenvalue weighted by molar-refractivity contribution is -0.384. The first-order valence-electron chi connectivity index (χ1n) is 6.67. The highest BCUT2D eigenvalue weighted by atomic mass is 32.2. The topological polar surface area (TPSA) is 101 Å². The average molecular weight is 327 g/mol. The van der Waals surface area contributed by atoms with Crippen LogP contribution in [0.2, 0.25) is 0 Å². The quantitative estimate of drug-likeness (QED) is 0.596. The molecule has 1 aliphatic rings. The molecule has 0 spiro atoms. The van der Waals surface area contributed by atoms with Crippen molar-refractivity contribution < 1.29 is 18.1 Å². The lowest BCUT2D eigenvalue weighted by Crippen LogP contribution is -2.49. The highest BCUT2D eigenvalue weighted by Crippen LogP contribution is 2.22. The number of benzene rings is 1. The van der Waals surface area contributed by atoms with Crippen LogP contribution in [0.25, 0.3) is 0 Å². The molecule has 0 aromatic heterocycles. The summed E-state index contributed by atoms with van der Waals surface area (Å²) in [7, 11) is 0.138. The minimum absolute atomic E-state index is 0.0459. The number of hydrogen-bond donors (Lipinski definition) is 0. The van der Waals surface area contributed by atoms with Crippen LogP contribution in [0, 0.1) is 10.1 Å². The summed E-state index contributed by atoms with van der Waals surface area (Å²) >= 11 is 0. The third-order valence-corrected chi connectivity index (χ3v) is 5.25. The average Bonchev–Trinajstić information content (AvgIpc) is 2.78. The number of nitro benzene ring substituents is 1. The largest absolute Gasteiger partial charge is 0.270 e. The maximum Gasteiger partial charge on any atom is 0.270 e. The number of hydrazine groups is 1. The van der Waals surface area contributed by atoms with Gasteiger partial charge in [0.1, 0.15) is 0 Å². The van der Waals surface area contributed by atoms with Crippen LogP contribution in [0.15, 0.2) is 24.3 Å². The zero-order chi connectivity index (χ0) is 16.5. The molecule has 1 heterocycles. The number of hydrogen-bond acceptors (Lipinski definition) is 6. The third kappa shape index (κ3) is 3.42. The van der Waals surface area contributed by atoms with Crippen molar-refractivity contribution in [1.82, 2.24) is 10.0 Å². The Kier molecular flexibility index (Phi) is 4.47. The van der Waals surface area contributed by atoms with E-state index in [4.69, 9.17) is 0 Å². The van der Waals surface area contributed by atoms with Crippen molar-refractivity contribution in [3.63, 3.8) is 0 Å². The van der Waals surface area contributed by atoms with E-state index in [1.807, 2.05) is 0 Å². The van der Waals surface area contributed by atoms with Gasteiger partial charge < -0.3 is 0 Å². The number of rotatable bonds is 4. The number of non-ortho nitro benzene ring substituents is 1. The summed E-state index contributed by atoms with van der Waals surface area (Å²) in [5.41, 5.74) is -0.0178. The van der Waals surface area contributed by atoms with Gasteiger partial charge in [0.25, 0.3) is 11.6 Å². The fourth-order valence-electron chi connectivity index (χ4n) is 2.53. The smallest absolute Gasteiger partial charge is 0.268 e. The molecule has 0 aliphatic carbocycles. The summed E-state index contributed by atoms with van der Waals surface area (Å²) in [6, 6.07) is 4.96. The molecule has 120 valence electrons. The van der Waals surface area contributed by atoms with E-state index >= 15 is 0 Å². The zero-order valence-corrected chi connectivity index (χ0v) is 13.1. The normalized spacial score (nSPS) is 20.0. The second-order valence-corrected chi connectivity index (χ2v) is 7.59. The van der Waals surface area contributed by atoms with Crippen LogP contribution >= 0.6 is 0 Å². The lowest BCUT2D eigenvalue weighted by Gasteiger charge is -2.33. The molecule has 1 aliphatic heterocycles. The van der Waals surface area contributed by atoms with Gasteiger partial charge in [0, 0.05) is 31.8 Å². The standard InChI is InChI=1S/C13H17N3O5S/c1-14(2)15(12-6-7-22(20,21)9-12)13(17)10-4-3-5-11(8-10)16(18)19/h3-5,8,12H,6-7,9H2,1-2H3/t12-/m1/s1. The van der Waals surface area contributed by atoms with E-state index in [2.05, 4.69) is 0 Å². The Bertz CT molecular complexity index is 701. The highest BCUT2D eigenvalue weighted by Gasteiger charge is 2.36. The summed E-state index contributed by atoms with van der Waals surface area (Å²) in [6.45, 7) is 0. The lowest BCUT2D eigenvalue weighted by atomic mass is 10.1. The molecule has 0 bridgehead atoms. The van der Waals surface area contributed by atoms with E-state index in [1.54, 1.807) is 14.1 Å². The van der Waals surface area contributed by atoms with Crippen molar-refractivity contribution in [3.8, 4) is 0 Å². The number of amides is 1. The van der Waals surface area contributed by atoms with Crippen LogP contribution in [-0.2, 0) is 9.84 Å². The maximum absolute atomic E-state index is 12.6. The van der Waals surface area contributed by atoms with E-state index in [0.29, 0.717) is 6.42 Å². The van der Waals surface area contributed by atoms with E-state index in [0.717, 1.165) is 0 Å². The molecule has 0 radical (unpaired) electrons. The first-order chi connectivity index (χ1) is 10.2. The van der Waals surface area contributed by atoms with Crippen LogP contribution in [-0.4, -0.2) is 60.9 Å². The Morgan fingerprint density at radius 2 is 2.05 bits per heavy atom. The van der Waals surface area contributed by atoms with Crippen molar-refractivity contribution >= 4 is 21.4 Å². The molecule has 1 aromatic carbocycles. The molecule has 22 heavy (non-hydrogen) atoms. The van der Waals surface area contributed by atoms with Gasteiger partial charge in [-0.25, -0.2) is 13.4 Å². The highest BCUT2D eigenvalue weighted by molar-refractivity contribution is 7.91. The first kappa shape index (κ1) is 16.4. The van der Waals surface area contributed by atoms with Gasteiger partial charge >= 0.3 is 0 Å². The van der Waals surface area contributed by atoms with Gasteiger partial charge in [0.15, 0.2) is 9.84 Å². The minimum Gasteiger partial charge on any atom is -0.268 e. The molecule has 1 atom stereocenters. The summed E-state index contributed by atoms with van der Waals surface area (Å²) in [5, 5.41) is 13.7. The van der Waals surface area contributed by atoms with Crippen molar-refractivity contribution in [2.75, 3.05) is 25.6 Å². The third-order valence-electron chi connectivity index (χ3n) is 3.50. The minimum atomic E-state index is -3.14. The molecule has 1 fully saturated rings. The van der Waals surface area contributed by atoms with Gasteiger partial charge in [0.05, 0.1) is 22.5 Å². The molecule has 1 aromatic rings. The first-order valence-corrected chi connectivity index (χ1v) is 8.49. The predicted molar refractivity (Wildman–Crippen MR) is 80.0 cm³/mol. The summed E-state index contributed by atoms with van der Waals surface area (Å²) in [4.78, 5) is 22.9. The molecule has 0 saturated carbocycles. The van der Waals surface area contributed by atoms with Gasteiger partial charge in [-0.3, -0.25) is 19.9 Å². The van der Waals surface area contributed by atoms with Gasteiger partial charge in [-0.1, -0.05) is 6.07 Å². The second-order valence-electron chi connectivity index (χ2n) is 5.36. The molecule has 0 N–H and O–H groups in total. The zero-order valence-electron chi connectivity index (χ0n) is 12.3. The maximum atomic E-state index is 12.6. The Labute approximate surface area is 128 Å². The Morgan fingerprint density at radius 1 is 1.36 bits per heavy atom. The number of carbonyl (C=O) groups is 1. The van der Waals surface area contributed by atoms with Crippen LogP contribution in [0.3, 0.4) is 0 Å². The monoisotopic (exact) mass is 327 g/mol. The van der Waals surface area contributed by atoms with Crippen LogP contribution in [0.5, 0.6) is 0 Å². The molecule has 1 amide bonds. The number of sulfone groups is 1. The van der Waals surface area contributed by atoms with Crippen molar-refractivity contribution in [2.24, 2.45) is 0 Å². The molecule has 0 unspecified atom stereocenters. The SMILES string of the molecule is CN(C)N(C(=O)c1cccc([N+](=O)[O-])c1)[C@@H]1CCS(=O)(=O)C1. The molecule has 2 rings (SSSR count). The van der Waals surface area contributed by atoms with E-state index < -0.39 is 26.7 Å². The number of nitro groups is 1. The summed E-state index contributed by atoms with van der Waals surface area (Å²) in [5.74, 6) is -0.494. The van der Waals surface area contributed by atoms with Crippen molar-refractivity contribution in [3.05, 3.63) is 39.9 Å². The Hall–Kier alpha value is -2.00. The Balaban J connectivity index is 2.31. The fraction of sp³-hybridized carbons (Fsp3) is 0.462. The van der Waals surface area contributed by atoms with Crippen LogP contribution in [0.1, 0.15) is 16.8 Å².